The Hall–Kier alpha value is -2.70. The maximum absolute atomic E-state index is 14.5. The van der Waals surface area contributed by atoms with E-state index in [1.807, 2.05) is 20.8 Å². The van der Waals surface area contributed by atoms with Crippen molar-refractivity contribution >= 4 is 39.4 Å². The van der Waals surface area contributed by atoms with Crippen LogP contribution < -0.4 is 21.7 Å². The van der Waals surface area contributed by atoms with Crippen LogP contribution in [0.2, 0.25) is 0 Å². The van der Waals surface area contributed by atoms with Crippen molar-refractivity contribution in [1.29, 1.82) is 0 Å². The fourth-order valence-electron chi connectivity index (χ4n) is 8.88. The maximum Gasteiger partial charge on any atom is 0.315 e. The summed E-state index contributed by atoms with van der Waals surface area (Å²) in [4.78, 5) is 67.8. The number of Topliss-reactive ketones (excluding diaryl/α,β-unsaturated/α-hetero) is 1. The van der Waals surface area contributed by atoms with Gasteiger partial charge in [-0.15, -0.1) is 0 Å². The van der Waals surface area contributed by atoms with E-state index >= 15 is 0 Å². The quantitative estimate of drug-likeness (QED) is 0.276. The van der Waals surface area contributed by atoms with Crippen LogP contribution in [0.5, 0.6) is 0 Å². The molecule has 3 saturated carbocycles. The Morgan fingerprint density at radius 2 is 1.64 bits per heavy atom. The summed E-state index contributed by atoms with van der Waals surface area (Å²) >= 11 is 0. The monoisotopic (exact) mass is 635 g/mol. The van der Waals surface area contributed by atoms with Gasteiger partial charge in [-0.05, 0) is 54.3 Å². The minimum atomic E-state index is -3.21. The van der Waals surface area contributed by atoms with Crippen LogP contribution in [-0.2, 0) is 29.0 Å². The van der Waals surface area contributed by atoms with Crippen molar-refractivity contribution < 1.29 is 32.4 Å². The maximum atomic E-state index is 14.5. The van der Waals surface area contributed by atoms with Gasteiger partial charge in [0.2, 0.25) is 17.6 Å². The van der Waals surface area contributed by atoms with E-state index in [1.54, 1.807) is 4.90 Å². The number of hydrogen-bond donors (Lipinski definition) is 4. The number of urea groups is 1. The number of nitrogens with two attached hydrogens (primary N) is 1. The molecule has 5 fully saturated rings. The molecule has 2 saturated heterocycles. The number of primary amides is 1. The minimum Gasteiger partial charge on any atom is -0.363 e. The molecular weight excluding hydrogens is 586 g/mol. The van der Waals surface area contributed by atoms with Gasteiger partial charge in [-0.2, -0.15) is 0 Å². The summed E-state index contributed by atoms with van der Waals surface area (Å²) in [5, 5.41) is 8.32. The van der Waals surface area contributed by atoms with Gasteiger partial charge in [0.05, 0.1) is 17.5 Å². The molecule has 12 nitrogen and oxygen atoms in total. The third-order valence-corrected chi connectivity index (χ3v) is 13.8. The van der Waals surface area contributed by atoms with Crippen LogP contribution in [-0.4, -0.2) is 85.1 Å². The number of likely N-dealkylation sites (tertiary alicyclic amines) is 1. The first-order valence-electron chi connectivity index (χ1n) is 16.1. The van der Waals surface area contributed by atoms with E-state index in [0.29, 0.717) is 25.8 Å². The van der Waals surface area contributed by atoms with E-state index < -0.39 is 69.0 Å². The number of carbonyl (C=O) groups is 5. The number of fused-ring (bicyclic) bond motifs is 1. The average Bonchev–Trinajstić information content (AvgIpc) is 3.18. The molecule has 5 rings (SSSR count). The summed E-state index contributed by atoms with van der Waals surface area (Å²) in [6.07, 6.45) is 7.08. The summed E-state index contributed by atoms with van der Waals surface area (Å²) in [6.45, 7) is 10.2. The number of hydrogen-bond acceptors (Lipinski definition) is 7. The third-order valence-electron chi connectivity index (χ3n) is 12.0. The fraction of sp³-hybridized carbons (Fsp3) is 0.839. The molecule has 2 spiro atoms. The van der Waals surface area contributed by atoms with Crippen LogP contribution in [0.3, 0.4) is 0 Å². The first-order valence-corrected chi connectivity index (χ1v) is 17.9. The van der Waals surface area contributed by atoms with Gasteiger partial charge in [-0.25, -0.2) is 13.2 Å². The predicted octanol–water partition coefficient (Wildman–Crippen LogP) is 1.41. The van der Waals surface area contributed by atoms with E-state index in [1.165, 1.54) is 0 Å². The second kappa shape index (κ2) is 11.0. The molecule has 0 radical (unpaired) electrons. The van der Waals surface area contributed by atoms with Gasteiger partial charge in [0.1, 0.15) is 12.1 Å². The van der Waals surface area contributed by atoms with Crippen molar-refractivity contribution in [2.75, 3.05) is 18.1 Å². The Bertz CT molecular complexity index is 1350. The van der Waals surface area contributed by atoms with Crippen LogP contribution in [0.25, 0.3) is 0 Å². The Morgan fingerprint density at radius 1 is 0.977 bits per heavy atom. The van der Waals surface area contributed by atoms with Crippen LogP contribution in [0, 0.1) is 27.6 Å². The van der Waals surface area contributed by atoms with Crippen molar-refractivity contribution in [2.24, 2.45) is 33.3 Å². The molecule has 5 N–H and O–H groups in total. The van der Waals surface area contributed by atoms with Gasteiger partial charge in [0, 0.05) is 18.0 Å². The molecule has 5 atom stereocenters. The molecule has 5 amide bonds. The number of ketones is 1. The summed E-state index contributed by atoms with van der Waals surface area (Å²) in [5.74, 6) is -2.74. The summed E-state index contributed by atoms with van der Waals surface area (Å²) in [6, 6.07) is -4.12. The largest absolute Gasteiger partial charge is 0.363 e. The first-order chi connectivity index (χ1) is 20.3. The van der Waals surface area contributed by atoms with Crippen LogP contribution in [0.4, 0.5) is 4.79 Å². The minimum absolute atomic E-state index is 0.00373. The highest BCUT2D eigenvalue weighted by Gasteiger charge is 2.85. The number of sulfone groups is 1. The topological polar surface area (TPSA) is 185 Å². The molecule has 246 valence electrons. The fourth-order valence-corrected chi connectivity index (χ4v) is 10.6. The lowest BCUT2D eigenvalue weighted by molar-refractivity contribution is -0.143. The zero-order valence-corrected chi connectivity index (χ0v) is 27.5. The predicted molar refractivity (Wildman–Crippen MR) is 163 cm³/mol. The van der Waals surface area contributed by atoms with Crippen molar-refractivity contribution in [3.63, 3.8) is 0 Å². The molecule has 13 heteroatoms. The van der Waals surface area contributed by atoms with Gasteiger partial charge in [-0.1, -0.05) is 60.3 Å². The highest BCUT2D eigenvalue weighted by atomic mass is 32.2. The SMILES string of the molecule is CC(C)(C)[C@H](NC(=O)NC1CCS(=O)(=O)C1)C(=O)N1CC2(C[C@H]1C(=O)NC(CC1CCC1)C(=O)C(N)=O)C(C)(C)C21CCC1. The van der Waals surface area contributed by atoms with E-state index in [4.69, 9.17) is 5.73 Å². The number of nitrogens with one attached hydrogen (secondary N) is 3. The van der Waals surface area contributed by atoms with E-state index in [-0.39, 0.29) is 33.7 Å². The summed E-state index contributed by atoms with van der Waals surface area (Å²) in [5.41, 5.74) is 4.25. The lowest BCUT2D eigenvalue weighted by atomic mass is 9.73. The molecule has 0 aromatic rings. The zero-order valence-electron chi connectivity index (χ0n) is 26.7. The second-order valence-electron chi connectivity index (χ2n) is 15.7. The smallest absolute Gasteiger partial charge is 0.315 e. The van der Waals surface area contributed by atoms with Crippen LogP contribution in [0.15, 0.2) is 0 Å². The standard InChI is InChI=1S/C31H49N5O7S/c1-28(2,3)23(35-27(41)33-19-10-13-44(42,43)16-19)26(40)36-17-31(29(4,5)30(31)11-7-12-30)15-21(36)25(39)34-20(22(37)24(32)38)14-18-8-6-9-18/h18-21,23H,6-17H2,1-5H3,(H2,32,38)(H,34,39)(H2,33,35,41)/t19?,20?,21-,23+,31?/m0/s1. The molecule has 3 unspecified atom stereocenters. The van der Waals surface area contributed by atoms with Crippen molar-refractivity contribution in [1.82, 2.24) is 20.9 Å². The van der Waals surface area contributed by atoms with Crippen molar-refractivity contribution in [2.45, 2.75) is 117 Å². The number of rotatable bonds is 9. The van der Waals surface area contributed by atoms with Crippen LogP contribution in [0.1, 0.15) is 92.4 Å². The van der Waals surface area contributed by atoms with Crippen LogP contribution >= 0.6 is 0 Å². The van der Waals surface area contributed by atoms with Gasteiger partial charge in [0.15, 0.2) is 9.84 Å². The number of amides is 5. The molecular formula is C31H49N5O7S. The van der Waals surface area contributed by atoms with Crippen molar-refractivity contribution in [3.05, 3.63) is 0 Å². The third kappa shape index (κ3) is 5.40. The van der Waals surface area contributed by atoms with Gasteiger partial charge in [-0.3, -0.25) is 19.2 Å². The van der Waals surface area contributed by atoms with Gasteiger partial charge < -0.3 is 26.6 Å². The molecule has 44 heavy (non-hydrogen) atoms. The normalized spacial score (nSPS) is 31.0. The molecule has 2 heterocycles. The Labute approximate surface area is 260 Å². The van der Waals surface area contributed by atoms with Gasteiger partial charge >= 0.3 is 6.03 Å². The average molecular weight is 636 g/mol. The summed E-state index contributed by atoms with van der Waals surface area (Å²) < 4.78 is 23.8. The van der Waals surface area contributed by atoms with E-state index in [9.17, 15) is 32.4 Å². The lowest BCUT2D eigenvalue weighted by Crippen LogP contribution is -2.60. The summed E-state index contributed by atoms with van der Waals surface area (Å²) in [7, 11) is -3.21. The Kier molecular flexibility index (Phi) is 8.15. The molecule has 0 aromatic heterocycles. The second-order valence-corrected chi connectivity index (χ2v) is 17.9. The Balaban J connectivity index is 1.39. The number of carbonyl (C=O) groups excluding carboxylic acids is 5. The molecule has 2 aliphatic heterocycles. The highest BCUT2D eigenvalue weighted by molar-refractivity contribution is 7.91. The Morgan fingerprint density at radius 3 is 2.09 bits per heavy atom. The molecule has 0 aromatic carbocycles. The van der Waals surface area contributed by atoms with E-state index in [2.05, 4.69) is 29.8 Å². The molecule has 0 bridgehead atoms. The van der Waals surface area contributed by atoms with Crippen molar-refractivity contribution in [3.8, 4) is 0 Å². The lowest BCUT2D eigenvalue weighted by Gasteiger charge is -2.36. The number of nitrogens with zero attached hydrogens (tertiary/aromatic N) is 1. The molecule has 5 aliphatic rings. The van der Waals surface area contributed by atoms with Gasteiger partial charge in [0.25, 0.3) is 5.91 Å². The molecule has 3 aliphatic carbocycles. The zero-order chi connectivity index (χ0) is 32.5. The highest BCUT2D eigenvalue weighted by Crippen LogP contribution is 2.88. The first kappa shape index (κ1) is 32.7. The van der Waals surface area contributed by atoms with E-state index in [0.717, 1.165) is 38.5 Å².